The zero-order chi connectivity index (χ0) is 9.68. The van der Waals surface area contributed by atoms with E-state index in [-0.39, 0.29) is 6.61 Å². The predicted molar refractivity (Wildman–Crippen MR) is 50.4 cm³/mol. The second-order valence-electron chi connectivity index (χ2n) is 2.68. The summed E-state index contributed by atoms with van der Waals surface area (Å²) < 4.78 is 0. The predicted octanol–water partition coefficient (Wildman–Crippen LogP) is -0.404. The van der Waals surface area contributed by atoms with E-state index in [9.17, 15) is 0 Å². The fourth-order valence-electron chi connectivity index (χ4n) is 1.07. The second kappa shape index (κ2) is 4.66. The molecule has 1 heterocycles. The fourth-order valence-corrected chi connectivity index (χ4v) is 1.07. The summed E-state index contributed by atoms with van der Waals surface area (Å²) in [5.74, 6) is 0.908. The first-order valence-corrected chi connectivity index (χ1v) is 4.31. The third-order valence-corrected chi connectivity index (χ3v) is 1.74. The van der Waals surface area contributed by atoms with Crippen molar-refractivity contribution in [2.24, 2.45) is 0 Å². The Bertz CT molecular complexity index is 249. The first kappa shape index (κ1) is 9.79. The first-order valence-electron chi connectivity index (χ1n) is 4.31. The number of aliphatic hydroxyl groups excluding tert-OH is 1. The first-order chi connectivity index (χ1) is 6.27. The number of hydrogen-bond donors (Lipinski definition) is 3. The number of hydrogen-bond acceptors (Lipinski definition) is 5. The number of rotatable bonds is 5. The molecular formula is C7H15N5O. The van der Waals surface area contributed by atoms with Gasteiger partial charge in [0.2, 0.25) is 11.9 Å². The number of nitrogens with one attached hydrogen (secondary N) is 1. The van der Waals surface area contributed by atoms with Crippen LogP contribution in [0.2, 0.25) is 0 Å². The Morgan fingerprint density at radius 2 is 2.38 bits per heavy atom. The molecule has 4 N–H and O–H groups in total. The van der Waals surface area contributed by atoms with E-state index < -0.39 is 0 Å². The minimum Gasteiger partial charge on any atom is -0.396 e. The highest BCUT2D eigenvalue weighted by molar-refractivity contribution is 5.33. The van der Waals surface area contributed by atoms with Gasteiger partial charge in [-0.15, -0.1) is 5.10 Å². The lowest BCUT2D eigenvalue weighted by atomic mass is 10.4. The molecule has 13 heavy (non-hydrogen) atoms. The van der Waals surface area contributed by atoms with Crippen LogP contribution in [0, 0.1) is 0 Å². The molecule has 0 aliphatic rings. The number of nitrogen functional groups attached to an aromatic ring is 1. The lowest BCUT2D eigenvalue weighted by Gasteiger charge is -2.17. The van der Waals surface area contributed by atoms with Crippen molar-refractivity contribution in [3.05, 3.63) is 0 Å². The molecule has 0 radical (unpaired) electrons. The summed E-state index contributed by atoms with van der Waals surface area (Å²) in [5.41, 5.74) is 5.39. The van der Waals surface area contributed by atoms with Crippen molar-refractivity contribution in [1.82, 2.24) is 15.2 Å². The zero-order valence-corrected chi connectivity index (χ0v) is 7.69. The van der Waals surface area contributed by atoms with Gasteiger partial charge in [0.1, 0.15) is 0 Å². The Kier molecular flexibility index (Phi) is 3.51. The molecule has 0 amide bonds. The fraction of sp³-hybridized carbons (Fsp3) is 0.714. The summed E-state index contributed by atoms with van der Waals surface area (Å²) in [6, 6.07) is 0. The minimum atomic E-state index is 0.177. The molecule has 0 aromatic carbocycles. The Balaban J connectivity index is 2.56. The van der Waals surface area contributed by atoms with Crippen LogP contribution in [-0.2, 0) is 0 Å². The van der Waals surface area contributed by atoms with E-state index in [1.807, 2.05) is 11.8 Å². The Morgan fingerprint density at radius 1 is 1.62 bits per heavy atom. The van der Waals surface area contributed by atoms with E-state index in [0.29, 0.717) is 18.3 Å². The lowest BCUT2D eigenvalue weighted by molar-refractivity contribution is 0.289. The zero-order valence-electron chi connectivity index (χ0n) is 7.69. The third-order valence-electron chi connectivity index (χ3n) is 1.74. The van der Waals surface area contributed by atoms with Crippen molar-refractivity contribution in [1.29, 1.82) is 0 Å². The SMILES string of the molecule is CCN(CCCO)c1n[nH]c(N)n1. The highest BCUT2D eigenvalue weighted by Gasteiger charge is 2.08. The molecule has 0 aliphatic heterocycles. The second-order valence-corrected chi connectivity index (χ2v) is 2.68. The molecule has 1 aromatic heterocycles. The smallest absolute Gasteiger partial charge is 0.246 e. The van der Waals surface area contributed by atoms with E-state index in [4.69, 9.17) is 10.8 Å². The quantitative estimate of drug-likeness (QED) is 0.580. The number of aromatic nitrogens is 3. The van der Waals surface area contributed by atoms with Gasteiger partial charge in [0, 0.05) is 19.7 Å². The van der Waals surface area contributed by atoms with E-state index >= 15 is 0 Å². The molecule has 0 saturated heterocycles. The maximum Gasteiger partial charge on any atom is 0.246 e. The van der Waals surface area contributed by atoms with Crippen LogP contribution in [-0.4, -0.2) is 40.0 Å². The largest absolute Gasteiger partial charge is 0.396 e. The molecule has 0 saturated carbocycles. The van der Waals surface area contributed by atoms with Gasteiger partial charge in [0.05, 0.1) is 0 Å². The van der Waals surface area contributed by atoms with Crippen molar-refractivity contribution in [3.8, 4) is 0 Å². The van der Waals surface area contributed by atoms with Crippen LogP contribution in [0.5, 0.6) is 0 Å². The lowest BCUT2D eigenvalue weighted by Crippen LogP contribution is -2.25. The molecule has 0 fully saturated rings. The summed E-state index contributed by atoms with van der Waals surface area (Å²) in [6.45, 7) is 3.72. The minimum absolute atomic E-state index is 0.177. The molecule has 6 nitrogen and oxygen atoms in total. The highest BCUT2D eigenvalue weighted by atomic mass is 16.3. The van der Waals surface area contributed by atoms with Gasteiger partial charge in [-0.05, 0) is 13.3 Å². The summed E-state index contributed by atoms with van der Waals surface area (Å²) in [4.78, 5) is 5.94. The van der Waals surface area contributed by atoms with Gasteiger partial charge < -0.3 is 15.7 Å². The number of aromatic amines is 1. The van der Waals surface area contributed by atoms with E-state index in [2.05, 4.69) is 15.2 Å². The maximum atomic E-state index is 8.66. The average molecular weight is 185 g/mol. The summed E-state index contributed by atoms with van der Waals surface area (Å²) >= 11 is 0. The van der Waals surface area contributed by atoms with Crippen molar-refractivity contribution < 1.29 is 5.11 Å². The van der Waals surface area contributed by atoms with Gasteiger partial charge in [0.25, 0.3) is 0 Å². The molecule has 1 rings (SSSR count). The van der Waals surface area contributed by atoms with Gasteiger partial charge in [-0.1, -0.05) is 0 Å². The topological polar surface area (TPSA) is 91.1 Å². The molecule has 0 bridgehead atoms. The Hall–Kier alpha value is -1.30. The van der Waals surface area contributed by atoms with Crippen LogP contribution < -0.4 is 10.6 Å². The number of nitrogens with zero attached hydrogens (tertiary/aromatic N) is 3. The molecular weight excluding hydrogens is 170 g/mol. The molecule has 0 spiro atoms. The van der Waals surface area contributed by atoms with Crippen LogP contribution in [0.3, 0.4) is 0 Å². The van der Waals surface area contributed by atoms with Crippen molar-refractivity contribution in [2.45, 2.75) is 13.3 Å². The van der Waals surface area contributed by atoms with Gasteiger partial charge in [-0.3, -0.25) is 0 Å². The summed E-state index contributed by atoms with van der Waals surface area (Å²) in [6.07, 6.45) is 0.711. The van der Waals surface area contributed by atoms with Crippen molar-refractivity contribution in [3.63, 3.8) is 0 Å². The van der Waals surface area contributed by atoms with Crippen molar-refractivity contribution in [2.75, 3.05) is 30.3 Å². The number of anilines is 2. The molecule has 1 aromatic rings. The summed E-state index contributed by atoms with van der Waals surface area (Å²) in [7, 11) is 0. The molecule has 0 unspecified atom stereocenters. The summed E-state index contributed by atoms with van der Waals surface area (Å²) in [5, 5.41) is 15.2. The van der Waals surface area contributed by atoms with Crippen LogP contribution in [0.4, 0.5) is 11.9 Å². The number of H-pyrrole nitrogens is 1. The standard InChI is InChI=1S/C7H15N5O/c1-2-12(4-3-5-13)7-9-6(8)10-11-7/h13H,2-5H2,1H3,(H3,8,9,10,11). The Morgan fingerprint density at radius 3 is 2.85 bits per heavy atom. The van der Waals surface area contributed by atoms with Crippen molar-refractivity contribution >= 4 is 11.9 Å². The van der Waals surface area contributed by atoms with E-state index in [0.717, 1.165) is 13.1 Å². The van der Waals surface area contributed by atoms with E-state index in [1.54, 1.807) is 0 Å². The van der Waals surface area contributed by atoms with E-state index in [1.165, 1.54) is 0 Å². The normalized spacial score (nSPS) is 10.3. The van der Waals surface area contributed by atoms with Crippen LogP contribution in [0.25, 0.3) is 0 Å². The average Bonchev–Trinajstić information content (AvgIpc) is 2.54. The maximum absolute atomic E-state index is 8.66. The molecule has 0 aliphatic carbocycles. The highest BCUT2D eigenvalue weighted by Crippen LogP contribution is 2.07. The van der Waals surface area contributed by atoms with Crippen LogP contribution >= 0.6 is 0 Å². The molecule has 0 atom stereocenters. The van der Waals surface area contributed by atoms with Crippen LogP contribution in [0.1, 0.15) is 13.3 Å². The molecule has 74 valence electrons. The van der Waals surface area contributed by atoms with Gasteiger partial charge in [-0.25, -0.2) is 5.10 Å². The third kappa shape index (κ3) is 2.59. The Labute approximate surface area is 76.8 Å². The van der Waals surface area contributed by atoms with Gasteiger partial charge >= 0.3 is 0 Å². The molecule has 6 heteroatoms. The van der Waals surface area contributed by atoms with Gasteiger partial charge in [-0.2, -0.15) is 4.98 Å². The van der Waals surface area contributed by atoms with Gasteiger partial charge in [0.15, 0.2) is 0 Å². The number of aliphatic hydroxyl groups is 1. The number of nitrogens with two attached hydrogens (primary N) is 1. The monoisotopic (exact) mass is 185 g/mol. The van der Waals surface area contributed by atoms with Crippen LogP contribution in [0.15, 0.2) is 0 Å².